The Morgan fingerprint density at radius 3 is 2.55 bits per heavy atom. The minimum atomic E-state index is -1.36. The van der Waals surface area contributed by atoms with Crippen molar-refractivity contribution in [3.8, 4) is 0 Å². The number of carbonyl (C=O) groups is 4. The second kappa shape index (κ2) is 12.4. The van der Waals surface area contributed by atoms with Gasteiger partial charge in [0.25, 0.3) is 0 Å². The largest absolute Gasteiger partial charge is 0.455 e. The molecule has 42 heavy (non-hydrogen) atoms. The van der Waals surface area contributed by atoms with Crippen LogP contribution < -0.4 is 5.32 Å². The summed E-state index contributed by atoms with van der Waals surface area (Å²) >= 11 is 0. The SMILES string of the molecule is CC(C)N1CC=C[C@@]23O[C@H]4/C=C\CCC(=O)N[C@@H](C)[C@H](c5ccccc5)OC(=O)[C@H]4[C@@H]2C(=O)N(CCCCO)[C@H]3C1=O. The molecule has 2 saturated heterocycles. The third-order valence-corrected chi connectivity index (χ3v) is 8.81. The van der Waals surface area contributed by atoms with Crippen molar-refractivity contribution in [3.05, 3.63) is 60.2 Å². The zero-order chi connectivity index (χ0) is 30.0. The Kier molecular flexibility index (Phi) is 8.84. The number of nitrogens with zero attached hydrogens (tertiary/aromatic N) is 2. The Morgan fingerprint density at radius 1 is 1.07 bits per heavy atom. The zero-order valence-corrected chi connectivity index (χ0v) is 24.5. The number of esters is 1. The van der Waals surface area contributed by atoms with Gasteiger partial charge >= 0.3 is 5.97 Å². The molecule has 0 radical (unpaired) electrons. The maximum absolute atomic E-state index is 14.3. The average molecular weight is 580 g/mol. The Balaban J connectivity index is 1.59. The number of benzene rings is 1. The highest BCUT2D eigenvalue weighted by Gasteiger charge is 2.71. The summed E-state index contributed by atoms with van der Waals surface area (Å²) in [7, 11) is 0. The molecule has 5 rings (SSSR count). The number of nitrogens with one attached hydrogen (secondary N) is 1. The minimum Gasteiger partial charge on any atom is -0.455 e. The molecular formula is C32H41N3O7. The Labute approximate surface area is 246 Å². The van der Waals surface area contributed by atoms with Crippen molar-refractivity contribution < 1.29 is 33.8 Å². The summed E-state index contributed by atoms with van der Waals surface area (Å²) in [6.45, 7) is 6.24. The van der Waals surface area contributed by atoms with Crippen LogP contribution in [0.1, 0.15) is 58.1 Å². The third-order valence-electron chi connectivity index (χ3n) is 8.81. The van der Waals surface area contributed by atoms with Gasteiger partial charge in [-0.15, -0.1) is 0 Å². The number of likely N-dealkylation sites (tertiary alicyclic amines) is 1. The topological polar surface area (TPSA) is 125 Å². The molecule has 0 bridgehead atoms. The molecule has 10 nitrogen and oxygen atoms in total. The monoisotopic (exact) mass is 579 g/mol. The summed E-state index contributed by atoms with van der Waals surface area (Å²) in [6, 6.07) is 7.62. The number of rotatable bonds is 6. The van der Waals surface area contributed by atoms with Gasteiger partial charge in [0.1, 0.15) is 23.7 Å². The Hall–Kier alpha value is -3.50. The molecule has 1 spiro atoms. The first kappa shape index (κ1) is 30.0. The summed E-state index contributed by atoms with van der Waals surface area (Å²) in [5, 5.41) is 12.3. The number of fused-ring (bicyclic) bond motifs is 2. The van der Waals surface area contributed by atoms with Gasteiger partial charge < -0.3 is 29.7 Å². The molecule has 1 aromatic carbocycles. The number of ether oxygens (including phenoxy) is 2. The summed E-state index contributed by atoms with van der Waals surface area (Å²) < 4.78 is 12.9. The summed E-state index contributed by atoms with van der Waals surface area (Å²) in [6.07, 6.45) is 7.22. The Bertz CT molecular complexity index is 1250. The predicted octanol–water partition coefficient (Wildman–Crippen LogP) is 2.29. The number of hydrogen-bond acceptors (Lipinski definition) is 7. The van der Waals surface area contributed by atoms with Gasteiger partial charge in [0.05, 0.1) is 18.1 Å². The zero-order valence-electron chi connectivity index (χ0n) is 24.5. The number of unbranched alkanes of at least 4 members (excludes halogenated alkanes) is 1. The molecule has 0 aromatic heterocycles. The molecule has 7 atom stereocenters. The number of hydrogen-bond donors (Lipinski definition) is 2. The summed E-state index contributed by atoms with van der Waals surface area (Å²) in [5.74, 6) is -3.31. The van der Waals surface area contributed by atoms with E-state index in [0.717, 1.165) is 5.56 Å². The number of allylic oxidation sites excluding steroid dienone is 1. The normalized spacial score (nSPS) is 34.1. The second-order valence-electron chi connectivity index (χ2n) is 11.9. The standard InChI is InChI=1S/C32H41N3O7/c1-20(2)34-18-11-16-32-26(29(38)35(17-9-10-19-36)28(32)30(34)39)25-23(42-32)14-7-8-15-24(37)33-21(3)27(41-31(25)40)22-12-5-4-6-13-22/h4-7,11-14,16,20-21,23,25-28,36H,8-10,15,17-19H2,1-3H3,(H,33,37)/b14-7-/t21-,23-,25+,26+,27+,28-,32+/m0/s1. The summed E-state index contributed by atoms with van der Waals surface area (Å²) in [4.78, 5) is 58.6. The quantitative estimate of drug-likeness (QED) is 0.301. The fourth-order valence-corrected chi connectivity index (χ4v) is 6.82. The highest BCUT2D eigenvalue weighted by molar-refractivity contribution is 5.99. The molecule has 4 heterocycles. The molecule has 1 aromatic rings. The molecule has 2 N–H and O–H groups in total. The van der Waals surface area contributed by atoms with Gasteiger partial charge in [-0.1, -0.05) is 54.6 Å². The fraction of sp³-hybridized carbons (Fsp3) is 0.562. The highest BCUT2D eigenvalue weighted by Crippen LogP contribution is 2.53. The van der Waals surface area contributed by atoms with Gasteiger partial charge in [0.2, 0.25) is 17.7 Å². The van der Waals surface area contributed by atoms with Crippen LogP contribution >= 0.6 is 0 Å². The Morgan fingerprint density at radius 2 is 1.83 bits per heavy atom. The lowest BCUT2D eigenvalue weighted by Crippen LogP contribution is -2.56. The van der Waals surface area contributed by atoms with Crippen LogP contribution in [0.5, 0.6) is 0 Å². The van der Waals surface area contributed by atoms with E-state index in [0.29, 0.717) is 25.8 Å². The van der Waals surface area contributed by atoms with Crippen molar-refractivity contribution in [1.82, 2.24) is 15.1 Å². The van der Waals surface area contributed by atoms with Crippen molar-refractivity contribution in [2.45, 2.75) is 82.4 Å². The molecule has 3 amide bonds. The van der Waals surface area contributed by atoms with Crippen LogP contribution in [0.4, 0.5) is 0 Å². The van der Waals surface area contributed by atoms with E-state index < -0.39 is 47.7 Å². The summed E-state index contributed by atoms with van der Waals surface area (Å²) in [5.41, 5.74) is -0.646. The van der Waals surface area contributed by atoms with E-state index in [9.17, 15) is 24.3 Å². The molecule has 4 aliphatic rings. The van der Waals surface area contributed by atoms with E-state index in [1.165, 1.54) is 0 Å². The lowest BCUT2D eigenvalue weighted by atomic mass is 9.77. The second-order valence-corrected chi connectivity index (χ2v) is 11.9. The number of aliphatic hydroxyl groups is 1. The molecule has 10 heteroatoms. The minimum absolute atomic E-state index is 0.0266. The van der Waals surface area contributed by atoms with Crippen LogP contribution in [-0.2, 0) is 28.7 Å². The van der Waals surface area contributed by atoms with Crippen LogP contribution in [0.2, 0.25) is 0 Å². The van der Waals surface area contributed by atoms with Crippen LogP contribution in [0.25, 0.3) is 0 Å². The molecular weight excluding hydrogens is 538 g/mol. The predicted molar refractivity (Wildman–Crippen MR) is 154 cm³/mol. The first-order valence-corrected chi connectivity index (χ1v) is 15.0. The molecule has 226 valence electrons. The van der Waals surface area contributed by atoms with Crippen molar-refractivity contribution in [2.75, 3.05) is 19.7 Å². The van der Waals surface area contributed by atoms with Gasteiger partial charge in [-0.05, 0) is 45.6 Å². The molecule has 0 saturated carbocycles. The number of cyclic esters (lactones) is 1. The number of aliphatic hydroxyl groups excluding tert-OH is 1. The number of carbonyl (C=O) groups excluding carboxylic acids is 4. The van der Waals surface area contributed by atoms with Crippen LogP contribution in [0.3, 0.4) is 0 Å². The van der Waals surface area contributed by atoms with Crippen molar-refractivity contribution in [3.63, 3.8) is 0 Å². The van der Waals surface area contributed by atoms with E-state index in [4.69, 9.17) is 9.47 Å². The van der Waals surface area contributed by atoms with Crippen LogP contribution in [-0.4, -0.2) is 88.1 Å². The number of amides is 3. The lowest BCUT2D eigenvalue weighted by Gasteiger charge is -2.36. The fourth-order valence-electron chi connectivity index (χ4n) is 6.82. The van der Waals surface area contributed by atoms with E-state index >= 15 is 0 Å². The lowest BCUT2D eigenvalue weighted by molar-refractivity contribution is -0.161. The van der Waals surface area contributed by atoms with Crippen molar-refractivity contribution in [1.29, 1.82) is 0 Å². The van der Waals surface area contributed by atoms with Crippen LogP contribution in [0.15, 0.2) is 54.6 Å². The smallest absolute Gasteiger partial charge is 0.313 e. The highest BCUT2D eigenvalue weighted by atomic mass is 16.6. The third kappa shape index (κ3) is 5.38. The van der Waals surface area contributed by atoms with Crippen LogP contribution in [0, 0.1) is 11.8 Å². The van der Waals surface area contributed by atoms with Gasteiger partial charge in [0.15, 0.2) is 0 Å². The van der Waals surface area contributed by atoms with Gasteiger partial charge in [0, 0.05) is 32.2 Å². The van der Waals surface area contributed by atoms with Crippen molar-refractivity contribution in [2.24, 2.45) is 11.8 Å². The van der Waals surface area contributed by atoms with Gasteiger partial charge in [-0.2, -0.15) is 0 Å². The first-order chi connectivity index (χ1) is 20.2. The maximum Gasteiger partial charge on any atom is 0.313 e. The first-order valence-electron chi connectivity index (χ1n) is 15.0. The molecule has 0 unspecified atom stereocenters. The van der Waals surface area contributed by atoms with E-state index in [1.807, 2.05) is 50.3 Å². The van der Waals surface area contributed by atoms with E-state index in [2.05, 4.69) is 5.32 Å². The van der Waals surface area contributed by atoms with Crippen molar-refractivity contribution >= 4 is 23.7 Å². The van der Waals surface area contributed by atoms with Gasteiger partial charge in [-0.3, -0.25) is 19.2 Å². The molecule has 2 fully saturated rings. The van der Waals surface area contributed by atoms with E-state index in [-0.39, 0.29) is 43.3 Å². The average Bonchev–Trinajstić information content (AvgIpc) is 3.34. The molecule has 4 aliphatic heterocycles. The molecule has 0 aliphatic carbocycles. The van der Waals surface area contributed by atoms with E-state index in [1.54, 1.807) is 35.0 Å². The maximum atomic E-state index is 14.3. The van der Waals surface area contributed by atoms with Gasteiger partial charge in [-0.25, -0.2) is 0 Å².